The third kappa shape index (κ3) is 3.15. The number of benzene rings is 1. The van der Waals surface area contributed by atoms with Gasteiger partial charge in [-0.1, -0.05) is 12.1 Å². The number of nitrogens with zero attached hydrogens (tertiary/aromatic N) is 1. The minimum Gasteiger partial charge on any atom is -0.485 e. The first-order chi connectivity index (χ1) is 9.08. The Bertz CT molecular complexity index is 538. The molecule has 1 aliphatic rings. The summed E-state index contributed by atoms with van der Waals surface area (Å²) in [6.45, 7) is -1.08. The number of ether oxygens (including phenoxy) is 1. The Balaban J connectivity index is 2.09. The maximum Gasteiger partial charge on any atom is 0.264 e. The summed E-state index contributed by atoms with van der Waals surface area (Å²) in [6, 6.07) is 5.11. The van der Waals surface area contributed by atoms with Crippen LogP contribution >= 0.6 is 0 Å². The van der Waals surface area contributed by atoms with E-state index >= 15 is 0 Å². The van der Waals surface area contributed by atoms with E-state index in [1.165, 1.54) is 0 Å². The van der Waals surface area contributed by atoms with Crippen LogP contribution in [0.15, 0.2) is 18.2 Å². The summed E-state index contributed by atoms with van der Waals surface area (Å²) in [6.07, 6.45) is 2.01. The number of hydrogen-bond acceptors (Lipinski definition) is 5. The summed E-state index contributed by atoms with van der Waals surface area (Å²) in [7, 11) is 0. The fourth-order valence-electron chi connectivity index (χ4n) is 2.13. The molecule has 19 heavy (non-hydrogen) atoms. The molecule has 0 aromatic heterocycles. The van der Waals surface area contributed by atoms with Crippen molar-refractivity contribution >= 4 is 11.6 Å². The van der Waals surface area contributed by atoms with Gasteiger partial charge in [0.15, 0.2) is 12.4 Å². The van der Waals surface area contributed by atoms with Crippen molar-refractivity contribution in [3.05, 3.63) is 39.4 Å². The highest BCUT2D eigenvalue weighted by molar-refractivity contribution is 5.99. The Hall–Kier alpha value is -2.24. The van der Waals surface area contributed by atoms with Crippen LogP contribution in [0.4, 0.5) is 0 Å². The predicted molar refractivity (Wildman–Crippen MR) is 66.1 cm³/mol. The molecule has 1 aliphatic carbocycles. The van der Waals surface area contributed by atoms with E-state index in [-0.39, 0.29) is 12.4 Å². The molecule has 0 atom stereocenters. The molecule has 2 rings (SSSR count). The molecule has 6 heteroatoms. The number of fused-ring (bicyclic) bond motifs is 1. The van der Waals surface area contributed by atoms with Crippen LogP contribution in [0, 0.1) is 10.1 Å². The molecule has 6 nitrogen and oxygen atoms in total. The van der Waals surface area contributed by atoms with Gasteiger partial charge in [0.25, 0.3) is 6.54 Å². The summed E-state index contributed by atoms with van der Waals surface area (Å²) in [5.41, 5.74) is 1.43. The van der Waals surface area contributed by atoms with E-state index < -0.39 is 17.3 Å². The maximum absolute atomic E-state index is 11.7. The van der Waals surface area contributed by atoms with Gasteiger partial charge in [-0.3, -0.25) is 19.7 Å². The maximum atomic E-state index is 11.7. The van der Waals surface area contributed by atoms with Gasteiger partial charge in [-0.25, -0.2) is 0 Å². The molecular weight excluding hydrogens is 250 g/mol. The first kappa shape index (κ1) is 13.2. The number of nitro groups is 1. The van der Waals surface area contributed by atoms with Crippen LogP contribution in [0.2, 0.25) is 0 Å². The van der Waals surface area contributed by atoms with Crippen LogP contribution in [-0.4, -0.2) is 29.6 Å². The lowest BCUT2D eigenvalue weighted by Crippen LogP contribution is -2.21. The van der Waals surface area contributed by atoms with Crippen LogP contribution in [0.25, 0.3) is 0 Å². The number of carbonyl (C=O) groups excluding carboxylic acids is 2. The van der Waals surface area contributed by atoms with Crippen molar-refractivity contribution in [3.63, 3.8) is 0 Å². The van der Waals surface area contributed by atoms with Crippen LogP contribution in [0.5, 0.6) is 5.75 Å². The average Bonchev–Trinajstić information content (AvgIpc) is 2.36. The van der Waals surface area contributed by atoms with Crippen molar-refractivity contribution in [1.29, 1.82) is 0 Å². The van der Waals surface area contributed by atoms with E-state index in [2.05, 4.69) is 0 Å². The van der Waals surface area contributed by atoms with Gasteiger partial charge in [-0.2, -0.15) is 0 Å². The van der Waals surface area contributed by atoms with Crippen LogP contribution in [0.1, 0.15) is 28.8 Å². The molecule has 1 aromatic carbocycles. The van der Waals surface area contributed by atoms with Crippen molar-refractivity contribution in [1.82, 2.24) is 0 Å². The molecule has 0 saturated heterocycles. The van der Waals surface area contributed by atoms with Crippen molar-refractivity contribution in [2.75, 3.05) is 13.2 Å². The van der Waals surface area contributed by atoms with Gasteiger partial charge >= 0.3 is 0 Å². The second-order valence-electron chi connectivity index (χ2n) is 4.38. The highest BCUT2D eigenvalue weighted by atomic mass is 16.6. The Labute approximate surface area is 109 Å². The zero-order valence-corrected chi connectivity index (χ0v) is 10.3. The smallest absolute Gasteiger partial charge is 0.264 e. The van der Waals surface area contributed by atoms with Crippen molar-refractivity contribution in [2.24, 2.45) is 0 Å². The minimum atomic E-state index is -0.742. The first-order valence-corrected chi connectivity index (χ1v) is 5.99. The molecule has 0 bridgehead atoms. The van der Waals surface area contributed by atoms with Crippen molar-refractivity contribution < 1.29 is 19.2 Å². The van der Waals surface area contributed by atoms with E-state index in [1.54, 1.807) is 18.2 Å². The van der Waals surface area contributed by atoms with Crippen LogP contribution < -0.4 is 4.74 Å². The van der Waals surface area contributed by atoms with E-state index in [1.807, 2.05) is 0 Å². The van der Waals surface area contributed by atoms with E-state index in [0.29, 0.717) is 17.7 Å². The van der Waals surface area contributed by atoms with E-state index in [4.69, 9.17) is 4.74 Å². The Kier molecular flexibility index (Phi) is 3.89. The molecule has 0 saturated carbocycles. The number of rotatable bonds is 5. The van der Waals surface area contributed by atoms with Crippen LogP contribution in [-0.2, 0) is 11.2 Å². The number of carbonyl (C=O) groups is 2. The molecule has 0 spiro atoms. The largest absolute Gasteiger partial charge is 0.485 e. The zero-order valence-electron chi connectivity index (χ0n) is 10.3. The summed E-state index contributed by atoms with van der Waals surface area (Å²) in [5.74, 6) is -0.0460. The molecule has 0 amide bonds. The third-order valence-corrected chi connectivity index (χ3v) is 2.96. The second kappa shape index (κ2) is 5.60. The molecule has 0 heterocycles. The number of Topliss-reactive ketones (excluding diaryl/α,β-unsaturated/α-hetero) is 2. The van der Waals surface area contributed by atoms with Crippen molar-refractivity contribution in [2.45, 2.75) is 19.3 Å². The molecule has 0 unspecified atom stereocenters. The highest BCUT2D eigenvalue weighted by Crippen LogP contribution is 2.29. The summed E-state index contributed by atoms with van der Waals surface area (Å²) in [5, 5.41) is 10.2. The molecule has 1 aromatic rings. The molecular formula is C13H13NO5. The molecule has 100 valence electrons. The highest BCUT2D eigenvalue weighted by Gasteiger charge is 2.21. The lowest BCUT2D eigenvalue weighted by atomic mass is 9.90. The fourth-order valence-corrected chi connectivity index (χ4v) is 2.13. The van der Waals surface area contributed by atoms with Gasteiger partial charge in [0.05, 0.1) is 0 Å². The number of hydrogen-bond donors (Lipinski definition) is 0. The number of ketones is 2. The normalized spacial score (nSPS) is 13.8. The Morgan fingerprint density at radius 3 is 2.89 bits per heavy atom. The first-order valence-electron chi connectivity index (χ1n) is 5.99. The standard InChI is InChI=1S/C13H13NO5/c15-9(7-14(17)18)8-19-13-6-2-3-10-11(13)4-1-5-12(10)16/h2-3,6H,1,4-5,7-8H2. The molecule has 0 aliphatic heterocycles. The average molecular weight is 263 g/mol. The molecule has 0 radical (unpaired) electrons. The second-order valence-corrected chi connectivity index (χ2v) is 4.38. The minimum absolute atomic E-state index is 0.0725. The fraction of sp³-hybridized carbons (Fsp3) is 0.385. The van der Waals surface area contributed by atoms with Gasteiger partial charge in [-0.15, -0.1) is 0 Å². The molecule has 0 fully saturated rings. The lowest BCUT2D eigenvalue weighted by molar-refractivity contribution is -0.467. The topological polar surface area (TPSA) is 86.5 Å². The van der Waals surface area contributed by atoms with Gasteiger partial charge in [-0.05, 0) is 18.9 Å². The SMILES string of the molecule is O=C(COc1cccc2c1CCCC2=O)C[N+](=O)[O-]. The quantitative estimate of drug-likeness (QED) is 0.592. The van der Waals surface area contributed by atoms with Gasteiger partial charge in [0.1, 0.15) is 5.75 Å². The molecule has 0 N–H and O–H groups in total. The van der Waals surface area contributed by atoms with Gasteiger partial charge in [0, 0.05) is 22.5 Å². The van der Waals surface area contributed by atoms with E-state index in [0.717, 1.165) is 18.4 Å². The zero-order chi connectivity index (χ0) is 13.8. The van der Waals surface area contributed by atoms with Gasteiger partial charge < -0.3 is 4.74 Å². The predicted octanol–water partition coefficient (Wildman–Crippen LogP) is 1.43. The Morgan fingerprint density at radius 2 is 2.16 bits per heavy atom. The summed E-state index contributed by atoms with van der Waals surface area (Å²) < 4.78 is 5.31. The monoisotopic (exact) mass is 263 g/mol. The van der Waals surface area contributed by atoms with Crippen molar-refractivity contribution in [3.8, 4) is 5.75 Å². The summed E-state index contributed by atoms with van der Waals surface area (Å²) >= 11 is 0. The third-order valence-electron chi connectivity index (χ3n) is 2.96. The van der Waals surface area contributed by atoms with Crippen LogP contribution in [0.3, 0.4) is 0 Å². The summed E-state index contributed by atoms with van der Waals surface area (Å²) in [4.78, 5) is 32.4. The Morgan fingerprint density at radius 1 is 1.37 bits per heavy atom. The lowest BCUT2D eigenvalue weighted by Gasteiger charge is -2.18. The van der Waals surface area contributed by atoms with E-state index in [9.17, 15) is 19.7 Å². The van der Waals surface area contributed by atoms with Gasteiger partial charge in [0.2, 0.25) is 5.78 Å².